The van der Waals surface area contributed by atoms with E-state index in [2.05, 4.69) is 26.9 Å². The van der Waals surface area contributed by atoms with Crippen molar-refractivity contribution in [1.82, 2.24) is 24.6 Å². The molecule has 1 unspecified atom stereocenters. The Kier molecular flexibility index (Phi) is 3.58. The van der Waals surface area contributed by atoms with Gasteiger partial charge in [0.15, 0.2) is 0 Å². The predicted octanol–water partition coefficient (Wildman–Crippen LogP) is 1.05. The molecule has 2 aromatic heterocycles. The summed E-state index contributed by atoms with van der Waals surface area (Å²) >= 11 is 0. The lowest BCUT2D eigenvalue weighted by Crippen LogP contribution is -2.25. The molecule has 5 nitrogen and oxygen atoms in total. The molecule has 0 aliphatic carbocycles. The van der Waals surface area contributed by atoms with Gasteiger partial charge in [-0.15, -0.1) is 0 Å². The number of nitrogens with zero attached hydrogens (tertiary/aromatic N) is 4. The summed E-state index contributed by atoms with van der Waals surface area (Å²) in [6.45, 7) is 3.03. The summed E-state index contributed by atoms with van der Waals surface area (Å²) in [7, 11) is 3.96. The number of hydrogen-bond acceptors (Lipinski definition) is 3. The van der Waals surface area contributed by atoms with Crippen LogP contribution in [0.4, 0.5) is 0 Å². The molecule has 0 aromatic carbocycles. The molecule has 0 aliphatic rings. The third-order valence-corrected chi connectivity index (χ3v) is 2.80. The molecule has 0 saturated carbocycles. The Hall–Kier alpha value is -1.62. The normalized spacial score (nSPS) is 12.9. The van der Waals surface area contributed by atoms with Crippen LogP contribution >= 0.6 is 0 Å². The van der Waals surface area contributed by atoms with Crippen LogP contribution < -0.4 is 5.32 Å². The van der Waals surface area contributed by atoms with Crippen LogP contribution in [-0.4, -0.2) is 25.9 Å². The molecule has 17 heavy (non-hydrogen) atoms. The Morgan fingerprint density at radius 3 is 2.71 bits per heavy atom. The molecule has 1 atom stereocenters. The molecule has 2 aromatic rings. The zero-order valence-corrected chi connectivity index (χ0v) is 10.6. The Morgan fingerprint density at radius 1 is 1.35 bits per heavy atom. The van der Waals surface area contributed by atoms with Gasteiger partial charge in [0.2, 0.25) is 0 Å². The zero-order valence-electron chi connectivity index (χ0n) is 10.6. The first-order valence-corrected chi connectivity index (χ1v) is 5.89. The van der Waals surface area contributed by atoms with Crippen molar-refractivity contribution in [3.05, 3.63) is 36.2 Å². The van der Waals surface area contributed by atoms with Crippen LogP contribution in [0.3, 0.4) is 0 Å². The molecule has 0 bridgehead atoms. The maximum atomic E-state index is 4.41. The first kappa shape index (κ1) is 11.9. The van der Waals surface area contributed by atoms with Gasteiger partial charge >= 0.3 is 0 Å². The van der Waals surface area contributed by atoms with E-state index in [4.69, 9.17) is 0 Å². The van der Waals surface area contributed by atoms with Crippen LogP contribution in [0.25, 0.3) is 0 Å². The minimum absolute atomic E-state index is 0.217. The van der Waals surface area contributed by atoms with Crippen LogP contribution in [-0.2, 0) is 20.5 Å². The Bertz CT molecular complexity index is 471. The number of rotatable bonds is 5. The molecule has 5 heteroatoms. The lowest BCUT2D eigenvalue weighted by atomic mass is 10.1. The summed E-state index contributed by atoms with van der Waals surface area (Å²) in [5.41, 5.74) is 1.08. The number of hydrogen-bond donors (Lipinski definition) is 1. The largest absolute Gasteiger partial charge is 0.337 e. The van der Waals surface area contributed by atoms with Crippen LogP contribution in [0.15, 0.2) is 24.7 Å². The minimum atomic E-state index is 0.217. The van der Waals surface area contributed by atoms with Crippen molar-refractivity contribution in [3.8, 4) is 0 Å². The van der Waals surface area contributed by atoms with E-state index < -0.39 is 0 Å². The second-order valence-corrected chi connectivity index (χ2v) is 4.19. The standard InChI is InChI=1S/C12H19N5/c1-4-13-11(12-14-6-8-16(12)2)9-10-5-7-17(3)15-10/h5-8,11,13H,4,9H2,1-3H3. The number of imidazole rings is 1. The number of nitrogens with one attached hydrogen (secondary N) is 1. The second kappa shape index (κ2) is 5.14. The summed E-state index contributed by atoms with van der Waals surface area (Å²) in [4.78, 5) is 4.40. The summed E-state index contributed by atoms with van der Waals surface area (Å²) in [5, 5.41) is 7.86. The molecular weight excluding hydrogens is 214 g/mol. The number of likely N-dealkylation sites (N-methyl/N-ethyl adjacent to an activating group) is 1. The molecular formula is C12H19N5. The molecule has 1 N–H and O–H groups in total. The molecule has 2 rings (SSSR count). The van der Waals surface area contributed by atoms with Gasteiger partial charge in [-0.3, -0.25) is 4.68 Å². The average Bonchev–Trinajstić information content (AvgIpc) is 2.87. The predicted molar refractivity (Wildman–Crippen MR) is 66.5 cm³/mol. The van der Waals surface area contributed by atoms with Gasteiger partial charge < -0.3 is 9.88 Å². The molecule has 2 heterocycles. The van der Waals surface area contributed by atoms with Crippen molar-refractivity contribution >= 4 is 0 Å². The maximum Gasteiger partial charge on any atom is 0.125 e. The van der Waals surface area contributed by atoms with E-state index in [0.717, 1.165) is 24.5 Å². The van der Waals surface area contributed by atoms with Gasteiger partial charge in [-0.25, -0.2) is 4.98 Å². The number of aromatic nitrogens is 4. The van der Waals surface area contributed by atoms with Gasteiger partial charge in [0.1, 0.15) is 5.82 Å². The topological polar surface area (TPSA) is 47.7 Å². The fraction of sp³-hybridized carbons (Fsp3) is 0.500. The van der Waals surface area contributed by atoms with Crippen molar-refractivity contribution in [1.29, 1.82) is 0 Å². The van der Waals surface area contributed by atoms with E-state index in [1.54, 1.807) is 0 Å². The van der Waals surface area contributed by atoms with E-state index in [9.17, 15) is 0 Å². The van der Waals surface area contributed by atoms with E-state index in [-0.39, 0.29) is 6.04 Å². The second-order valence-electron chi connectivity index (χ2n) is 4.19. The lowest BCUT2D eigenvalue weighted by molar-refractivity contribution is 0.499. The summed E-state index contributed by atoms with van der Waals surface area (Å²) < 4.78 is 3.88. The highest BCUT2D eigenvalue weighted by Crippen LogP contribution is 2.15. The van der Waals surface area contributed by atoms with Gasteiger partial charge in [-0.1, -0.05) is 6.92 Å². The van der Waals surface area contributed by atoms with Crippen molar-refractivity contribution in [2.24, 2.45) is 14.1 Å². The highest BCUT2D eigenvalue weighted by molar-refractivity contribution is 5.07. The SMILES string of the molecule is CCNC(Cc1ccn(C)n1)c1nccn1C. The average molecular weight is 233 g/mol. The summed E-state index contributed by atoms with van der Waals surface area (Å²) in [6, 6.07) is 2.27. The zero-order chi connectivity index (χ0) is 12.3. The monoisotopic (exact) mass is 233 g/mol. The van der Waals surface area contributed by atoms with Crippen LogP contribution in [0, 0.1) is 0 Å². The van der Waals surface area contributed by atoms with Gasteiger partial charge in [-0.2, -0.15) is 5.10 Å². The first-order chi connectivity index (χ1) is 8.20. The fourth-order valence-electron chi connectivity index (χ4n) is 2.00. The molecule has 0 amide bonds. The van der Waals surface area contributed by atoms with Gasteiger partial charge in [0.25, 0.3) is 0 Å². The molecule has 92 valence electrons. The Labute approximate surface area is 101 Å². The van der Waals surface area contributed by atoms with E-state index in [1.807, 2.05) is 43.4 Å². The number of aryl methyl sites for hydroxylation is 2. The Balaban J connectivity index is 2.15. The van der Waals surface area contributed by atoms with Crippen molar-refractivity contribution < 1.29 is 0 Å². The maximum absolute atomic E-state index is 4.41. The van der Waals surface area contributed by atoms with Crippen LogP contribution in [0.5, 0.6) is 0 Å². The first-order valence-electron chi connectivity index (χ1n) is 5.89. The van der Waals surface area contributed by atoms with Crippen LogP contribution in [0.2, 0.25) is 0 Å². The van der Waals surface area contributed by atoms with Gasteiger partial charge in [-0.05, 0) is 12.6 Å². The molecule has 0 saturated heterocycles. The summed E-state index contributed by atoms with van der Waals surface area (Å²) in [5.74, 6) is 1.05. The minimum Gasteiger partial charge on any atom is -0.337 e. The van der Waals surface area contributed by atoms with E-state index in [0.29, 0.717) is 0 Å². The molecule has 0 radical (unpaired) electrons. The summed E-state index contributed by atoms with van der Waals surface area (Å²) in [6.07, 6.45) is 6.63. The van der Waals surface area contributed by atoms with Crippen molar-refractivity contribution in [2.75, 3.05) is 6.54 Å². The van der Waals surface area contributed by atoms with Crippen molar-refractivity contribution in [2.45, 2.75) is 19.4 Å². The third-order valence-electron chi connectivity index (χ3n) is 2.80. The fourth-order valence-corrected chi connectivity index (χ4v) is 2.00. The highest BCUT2D eigenvalue weighted by atomic mass is 15.2. The van der Waals surface area contributed by atoms with Gasteiger partial charge in [0, 0.05) is 39.1 Å². The molecule has 0 aliphatic heterocycles. The smallest absolute Gasteiger partial charge is 0.125 e. The lowest BCUT2D eigenvalue weighted by Gasteiger charge is -2.16. The van der Waals surface area contributed by atoms with Crippen molar-refractivity contribution in [3.63, 3.8) is 0 Å². The molecule has 0 spiro atoms. The third kappa shape index (κ3) is 2.74. The quantitative estimate of drug-likeness (QED) is 0.839. The van der Waals surface area contributed by atoms with Crippen LogP contribution in [0.1, 0.15) is 24.5 Å². The molecule has 0 fully saturated rings. The highest BCUT2D eigenvalue weighted by Gasteiger charge is 2.16. The van der Waals surface area contributed by atoms with E-state index in [1.165, 1.54) is 0 Å². The van der Waals surface area contributed by atoms with Gasteiger partial charge in [0.05, 0.1) is 11.7 Å². The Morgan fingerprint density at radius 2 is 2.18 bits per heavy atom. The van der Waals surface area contributed by atoms with E-state index >= 15 is 0 Å².